The first-order valence-corrected chi connectivity index (χ1v) is 6.37. The van der Waals surface area contributed by atoms with Crippen molar-refractivity contribution in [3.05, 3.63) is 12.2 Å². The molecule has 0 aromatic rings. The van der Waals surface area contributed by atoms with Crippen molar-refractivity contribution in [3.63, 3.8) is 0 Å². The summed E-state index contributed by atoms with van der Waals surface area (Å²) in [6.45, 7) is 2.16. The molecule has 0 amide bonds. The molecule has 0 fully saturated rings. The minimum atomic E-state index is 0.834. The molecule has 2 rings (SSSR count). The van der Waals surface area contributed by atoms with Gasteiger partial charge in [0.1, 0.15) is 0 Å². The highest BCUT2D eigenvalue weighted by molar-refractivity contribution is 5.82. The molecule has 0 radical (unpaired) electrons. The molecule has 0 aromatic carbocycles. The van der Waals surface area contributed by atoms with E-state index in [1.165, 1.54) is 50.8 Å². The third-order valence-corrected chi connectivity index (χ3v) is 3.35. The Morgan fingerprint density at radius 1 is 1.27 bits per heavy atom. The van der Waals surface area contributed by atoms with E-state index in [1.54, 1.807) is 0 Å². The van der Waals surface area contributed by atoms with Crippen molar-refractivity contribution < 1.29 is 0 Å². The summed E-state index contributed by atoms with van der Waals surface area (Å²) in [6, 6.07) is 0. The molecule has 84 valence electrons. The highest BCUT2D eigenvalue weighted by Crippen LogP contribution is 2.17. The van der Waals surface area contributed by atoms with Crippen LogP contribution in [-0.2, 0) is 0 Å². The Morgan fingerprint density at radius 2 is 2.27 bits per heavy atom. The Bertz CT molecular complexity index is 243. The largest absolute Gasteiger partial charge is 0.374 e. The van der Waals surface area contributed by atoms with Crippen LogP contribution in [0.3, 0.4) is 0 Å². The molecule has 1 aliphatic carbocycles. The SMILES string of the molecule is C1=CCC(CNC2=NCCCCC2)CC1. The first kappa shape index (κ1) is 10.7. The lowest BCUT2D eigenvalue weighted by Crippen LogP contribution is -2.29. The van der Waals surface area contributed by atoms with Gasteiger partial charge in [-0.1, -0.05) is 18.6 Å². The molecule has 0 saturated heterocycles. The smallest absolute Gasteiger partial charge is 0.0963 e. The normalized spacial score (nSPS) is 26.9. The van der Waals surface area contributed by atoms with Crippen LogP contribution in [0.1, 0.15) is 44.9 Å². The summed E-state index contributed by atoms with van der Waals surface area (Å²) in [5.74, 6) is 2.10. The number of nitrogens with zero attached hydrogens (tertiary/aromatic N) is 1. The summed E-state index contributed by atoms with van der Waals surface area (Å²) >= 11 is 0. The molecule has 2 heteroatoms. The first-order valence-electron chi connectivity index (χ1n) is 6.37. The van der Waals surface area contributed by atoms with E-state index in [0.717, 1.165) is 19.0 Å². The average molecular weight is 206 g/mol. The number of amidine groups is 1. The monoisotopic (exact) mass is 206 g/mol. The van der Waals surface area contributed by atoms with Gasteiger partial charge in [-0.05, 0) is 38.0 Å². The van der Waals surface area contributed by atoms with Crippen molar-refractivity contribution in [2.24, 2.45) is 10.9 Å². The molecule has 1 unspecified atom stereocenters. The van der Waals surface area contributed by atoms with Crippen LogP contribution in [0.4, 0.5) is 0 Å². The lowest BCUT2D eigenvalue weighted by atomic mass is 9.94. The van der Waals surface area contributed by atoms with Gasteiger partial charge in [-0.15, -0.1) is 0 Å². The topological polar surface area (TPSA) is 24.4 Å². The third-order valence-electron chi connectivity index (χ3n) is 3.35. The maximum absolute atomic E-state index is 4.60. The maximum atomic E-state index is 4.60. The number of rotatable bonds is 2. The standard InChI is InChI=1S/C13H22N2/c1-3-7-12(8-4-1)11-15-13-9-5-2-6-10-14-13/h1,3,12H,2,4-11H2,(H,14,15). The van der Waals surface area contributed by atoms with Gasteiger partial charge in [0.15, 0.2) is 0 Å². The van der Waals surface area contributed by atoms with Crippen LogP contribution in [0.25, 0.3) is 0 Å². The van der Waals surface area contributed by atoms with Gasteiger partial charge in [-0.3, -0.25) is 4.99 Å². The summed E-state index contributed by atoms with van der Waals surface area (Å²) in [6.07, 6.45) is 13.6. The van der Waals surface area contributed by atoms with Crippen LogP contribution in [-0.4, -0.2) is 18.9 Å². The Morgan fingerprint density at radius 3 is 3.13 bits per heavy atom. The molecule has 1 atom stereocenters. The van der Waals surface area contributed by atoms with E-state index in [4.69, 9.17) is 0 Å². The molecule has 0 spiro atoms. The Labute approximate surface area is 92.9 Å². The zero-order chi connectivity index (χ0) is 10.3. The van der Waals surface area contributed by atoms with Crippen LogP contribution in [0.5, 0.6) is 0 Å². The fourth-order valence-electron chi connectivity index (χ4n) is 2.32. The Balaban J connectivity index is 1.71. The van der Waals surface area contributed by atoms with Crippen LogP contribution < -0.4 is 5.32 Å². The zero-order valence-corrected chi connectivity index (χ0v) is 9.54. The molecule has 1 N–H and O–H groups in total. The van der Waals surface area contributed by atoms with Gasteiger partial charge >= 0.3 is 0 Å². The highest BCUT2D eigenvalue weighted by Gasteiger charge is 2.11. The minimum Gasteiger partial charge on any atom is -0.374 e. The van der Waals surface area contributed by atoms with E-state index < -0.39 is 0 Å². The van der Waals surface area contributed by atoms with Crippen molar-refractivity contribution >= 4 is 5.84 Å². The van der Waals surface area contributed by atoms with E-state index in [2.05, 4.69) is 22.5 Å². The molecule has 1 aliphatic heterocycles. The van der Waals surface area contributed by atoms with Crippen molar-refractivity contribution in [3.8, 4) is 0 Å². The zero-order valence-electron chi connectivity index (χ0n) is 9.54. The summed E-state index contributed by atoms with van der Waals surface area (Å²) < 4.78 is 0. The van der Waals surface area contributed by atoms with E-state index in [0.29, 0.717) is 0 Å². The predicted octanol–water partition coefficient (Wildman–Crippen LogP) is 2.90. The Kier molecular flexibility index (Phi) is 4.24. The van der Waals surface area contributed by atoms with Crippen molar-refractivity contribution in [2.45, 2.75) is 44.9 Å². The molecule has 1 heterocycles. The quantitative estimate of drug-likeness (QED) is 0.690. The molecular formula is C13H22N2. The van der Waals surface area contributed by atoms with Gasteiger partial charge in [0.2, 0.25) is 0 Å². The second kappa shape index (κ2) is 5.94. The third kappa shape index (κ3) is 3.69. The molecule has 2 aliphatic rings. The van der Waals surface area contributed by atoms with Crippen LogP contribution in [0, 0.1) is 5.92 Å². The van der Waals surface area contributed by atoms with Gasteiger partial charge in [0.25, 0.3) is 0 Å². The van der Waals surface area contributed by atoms with Gasteiger partial charge in [-0.2, -0.15) is 0 Å². The summed E-state index contributed by atoms with van der Waals surface area (Å²) in [7, 11) is 0. The average Bonchev–Trinajstić information content (AvgIpc) is 2.56. The van der Waals surface area contributed by atoms with Gasteiger partial charge in [-0.25, -0.2) is 0 Å². The molecule has 2 nitrogen and oxygen atoms in total. The lowest BCUT2D eigenvalue weighted by Gasteiger charge is -2.19. The van der Waals surface area contributed by atoms with E-state index >= 15 is 0 Å². The van der Waals surface area contributed by atoms with Crippen molar-refractivity contribution in [2.75, 3.05) is 13.1 Å². The molecule has 0 aromatic heterocycles. The minimum absolute atomic E-state index is 0.834. The van der Waals surface area contributed by atoms with E-state index in [-0.39, 0.29) is 0 Å². The highest BCUT2D eigenvalue weighted by atomic mass is 15.0. The van der Waals surface area contributed by atoms with Gasteiger partial charge in [0.05, 0.1) is 5.84 Å². The second-order valence-corrected chi connectivity index (χ2v) is 4.67. The van der Waals surface area contributed by atoms with Crippen molar-refractivity contribution in [1.82, 2.24) is 5.32 Å². The lowest BCUT2D eigenvalue weighted by molar-refractivity contribution is 0.471. The molecule has 0 saturated carbocycles. The van der Waals surface area contributed by atoms with Crippen LogP contribution in [0.15, 0.2) is 17.1 Å². The fraction of sp³-hybridized carbons (Fsp3) is 0.769. The number of aliphatic imine (C=N–C) groups is 1. The van der Waals surface area contributed by atoms with E-state index in [1.807, 2.05) is 0 Å². The maximum Gasteiger partial charge on any atom is 0.0963 e. The summed E-state index contributed by atoms with van der Waals surface area (Å²) in [5, 5.41) is 3.55. The number of nitrogens with one attached hydrogen (secondary N) is 1. The van der Waals surface area contributed by atoms with Crippen molar-refractivity contribution in [1.29, 1.82) is 0 Å². The van der Waals surface area contributed by atoms with Crippen LogP contribution in [0.2, 0.25) is 0 Å². The van der Waals surface area contributed by atoms with Gasteiger partial charge in [0, 0.05) is 19.5 Å². The number of allylic oxidation sites excluding steroid dienone is 2. The predicted molar refractivity (Wildman–Crippen MR) is 65.3 cm³/mol. The first-order chi connectivity index (χ1) is 7.45. The molecule has 0 bridgehead atoms. The summed E-state index contributed by atoms with van der Waals surface area (Å²) in [5.41, 5.74) is 0. The van der Waals surface area contributed by atoms with Gasteiger partial charge < -0.3 is 5.32 Å². The van der Waals surface area contributed by atoms with Crippen LogP contribution >= 0.6 is 0 Å². The second-order valence-electron chi connectivity index (χ2n) is 4.67. The summed E-state index contributed by atoms with van der Waals surface area (Å²) in [4.78, 5) is 4.60. The number of hydrogen-bond acceptors (Lipinski definition) is 2. The van der Waals surface area contributed by atoms with E-state index in [9.17, 15) is 0 Å². The Hall–Kier alpha value is -0.790. The molecule has 15 heavy (non-hydrogen) atoms. The molecular weight excluding hydrogens is 184 g/mol. The number of hydrogen-bond donors (Lipinski definition) is 1. The fourth-order valence-corrected chi connectivity index (χ4v) is 2.32.